The number of rotatable bonds is 2. The lowest BCUT2D eigenvalue weighted by atomic mass is 9.84. The van der Waals surface area contributed by atoms with Crippen molar-refractivity contribution >= 4 is 11.9 Å². The van der Waals surface area contributed by atoms with Gasteiger partial charge in [0.15, 0.2) is 0 Å². The molecule has 2 aromatic rings. The van der Waals surface area contributed by atoms with E-state index < -0.39 is 5.54 Å². The first-order chi connectivity index (χ1) is 11.7. The number of imide groups is 1. The third-order valence-electron chi connectivity index (χ3n) is 4.96. The van der Waals surface area contributed by atoms with Crippen molar-refractivity contribution in [1.82, 2.24) is 15.2 Å². The van der Waals surface area contributed by atoms with Crippen LogP contribution < -0.4 is 5.32 Å². The lowest BCUT2D eigenvalue weighted by Crippen LogP contribution is -2.44. The molecule has 1 atom stereocenters. The molecule has 1 spiro atoms. The van der Waals surface area contributed by atoms with Crippen molar-refractivity contribution in [2.45, 2.75) is 37.8 Å². The maximum atomic E-state index is 13.2. The highest BCUT2D eigenvalue weighted by molar-refractivity contribution is 6.07. The molecule has 5 nitrogen and oxygen atoms in total. The van der Waals surface area contributed by atoms with Gasteiger partial charge in [0.05, 0.1) is 6.54 Å². The van der Waals surface area contributed by atoms with Gasteiger partial charge >= 0.3 is 6.03 Å². The third kappa shape index (κ3) is 2.28. The van der Waals surface area contributed by atoms with E-state index in [0.29, 0.717) is 6.42 Å². The monoisotopic (exact) mass is 321 g/mol. The van der Waals surface area contributed by atoms with E-state index in [1.54, 1.807) is 12.4 Å². The molecular weight excluding hydrogens is 302 g/mol. The van der Waals surface area contributed by atoms with Crippen LogP contribution in [0.4, 0.5) is 4.79 Å². The average molecular weight is 321 g/mol. The number of aromatic nitrogens is 1. The van der Waals surface area contributed by atoms with Gasteiger partial charge in [0.1, 0.15) is 5.54 Å². The molecule has 3 amide bonds. The van der Waals surface area contributed by atoms with E-state index in [9.17, 15) is 9.59 Å². The van der Waals surface area contributed by atoms with Gasteiger partial charge in [-0.05, 0) is 48.4 Å². The molecule has 5 heteroatoms. The van der Waals surface area contributed by atoms with Crippen LogP contribution in [0.3, 0.4) is 0 Å². The molecule has 1 aromatic heterocycles. The molecule has 1 aliphatic heterocycles. The van der Waals surface area contributed by atoms with Crippen molar-refractivity contribution < 1.29 is 9.59 Å². The van der Waals surface area contributed by atoms with E-state index in [1.807, 2.05) is 30.3 Å². The molecule has 1 saturated heterocycles. The summed E-state index contributed by atoms with van der Waals surface area (Å²) in [5.41, 5.74) is 2.05. The summed E-state index contributed by atoms with van der Waals surface area (Å²) >= 11 is 0. The first-order valence-electron chi connectivity index (χ1n) is 8.32. The highest BCUT2D eigenvalue weighted by atomic mass is 16.2. The van der Waals surface area contributed by atoms with Gasteiger partial charge in [-0.2, -0.15) is 0 Å². The first-order valence-corrected chi connectivity index (χ1v) is 8.32. The largest absolute Gasteiger partial charge is 0.325 e. The summed E-state index contributed by atoms with van der Waals surface area (Å²) in [6.07, 6.45) is 6.92. The Morgan fingerprint density at radius 2 is 2.00 bits per heavy atom. The number of fused-ring (bicyclic) bond motifs is 2. The van der Waals surface area contributed by atoms with Crippen molar-refractivity contribution in [2.24, 2.45) is 0 Å². The minimum absolute atomic E-state index is 0.147. The lowest BCUT2D eigenvalue weighted by Gasteiger charge is -2.27. The number of aryl methyl sites for hydroxylation is 1. The Bertz CT molecular complexity index is 790. The van der Waals surface area contributed by atoms with Crippen LogP contribution in [-0.4, -0.2) is 21.8 Å². The Hall–Kier alpha value is -2.69. The van der Waals surface area contributed by atoms with Crippen molar-refractivity contribution in [3.63, 3.8) is 0 Å². The second kappa shape index (κ2) is 5.74. The van der Waals surface area contributed by atoms with E-state index in [1.165, 1.54) is 4.90 Å². The number of carbonyl (C=O) groups excluding carboxylic acids is 2. The number of amides is 3. The van der Waals surface area contributed by atoms with E-state index in [0.717, 1.165) is 36.0 Å². The molecule has 2 heterocycles. The highest BCUT2D eigenvalue weighted by Gasteiger charge is 2.53. The maximum absolute atomic E-state index is 13.2. The van der Waals surface area contributed by atoms with Gasteiger partial charge in [0.2, 0.25) is 0 Å². The number of nitrogens with zero attached hydrogens (tertiary/aromatic N) is 2. The summed E-state index contributed by atoms with van der Waals surface area (Å²) in [6.45, 7) is 0.252. The van der Waals surface area contributed by atoms with E-state index >= 15 is 0 Å². The van der Waals surface area contributed by atoms with Crippen LogP contribution in [0.15, 0.2) is 48.8 Å². The van der Waals surface area contributed by atoms with E-state index in [-0.39, 0.29) is 18.5 Å². The molecule has 2 aliphatic rings. The van der Waals surface area contributed by atoms with Crippen LogP contribution in [-0.2, 0) is 23.3 Å². The summed E-state index contributed by atoms with van der Waals surface area (Å²) in [5, 5.41) is 3.00. The molecular formula is C19H19N3O2. The second-order valence-electron chi connectivity index (χ2n) is 6.45. The van der Waals surface area contributed by atoms with Crippen molar-refractivity contribution in [3.8, 4) is 0 Å². The van der Waals surface area contributed by atoms with Gasteiger partial charge in [-0.1, -0.05) is 30.3 Å². The molecule has 0 unspecified atom stereocenters. The third-order valence-corrected chi connectivity index (χ3v) is 4.96. The Labute approximate surface area is 140 Å². The molecule has 1 N–H and O–H groups in total. The fraction of sp³-hybridized carbons (Fsp3) is 0.316. The number of nitrogens with one attached hydrogen (secondary N) is 1. The van der Waals surface area contributed by atoms with Gasteiger partial charge in [0.25, 0.3) is 5.91 Å². The number of pyridine rings is 1. The van der Waals surface area contributed by atoms with Gasteiger partial charge in [-0.3, -0.25) is 14.7 Å². The number of benzene rings is 1. The minimum Gasteiger partial charge on any atom is -0.319 e. The van der Waals surface area contributed by atoms with Crippen LogP contribution in [0, 0.1) is 0 Å². The fourth-order valence-corrected chi connectivity index (χ4v) is 3.79. The second-order valence-corrected chi connectivity index (χ2v) is 6.45. The minimum atomic E-state index is -0.910. The molecule has 0 saturated carbocycles. The van der Waals surface area contributed by atoms with Crippen molar-refractivity contribution in [1.29, 1.82) is 0 Å². The van der Waals surface area contributed by atoms with E-state index in [4.69, 9.17) is 0 Å². The SMILES string of the molecule is O=C1N[C@@]2(CCCCc3ccccc32)C(=O)N1Cc1cccnc1. The smallest absolute Gasteiger partial charge is 0.319 e. The normalized spacial score (nSPS) is 23.1. The Morgan fingerprint density at radius 3 is 2.83 bits per heavy atom. The topological polar surface area (TPSA) is 62.3 Å². The summed E-state index contributed by atoms with van der Waals surface area (Å²) in [5.74, 6) is -0.147. The fourth-order valence-electron chi connectivity index (χ4n) is 3.79. The molecule has 1 aromatic carbocycles. The molecule has 24 heavy (non-hydrogen) atoms. The van der Waals surface area contributed by atoms with Crippen LogP contribution in [0.5, 0.6) is 0 Å². The Morgan fingerprint density at radius 1 is 1.12 bits per heavy atom. The lowest BCUT2D eigenvalue weighted by molar-refractivity contribution is -0.132. The number of hydrogen-bond acceptors (Lipinski definition) is 3. The van der Waals surface area contributed by atoms with Crippen molar-refractivity contribution in [3.05, 3.63) is 65.5 Å². The van der Waals surface area contributed by atoms with Crippen LogP contribution in [0.2, 0.25) is 0 Å². The standard InChI is InChI=1S/C19H19N3O2/c23-17-19(10-4-3-8-15-7-1-2-9-16(15)19)21-18(24)22(17)13-14-6-5-11-20-12-14/h1-2,5-7,9,11-12H,3-4,8,10,13H2,(H,21,24)/t19-/m1/s1. The summed E-state index contributed by atoms with van der Waals surface area (Å²) in [4.78, 5) is 31.2. The molecule has 122 valence electrons. The maximum Gasteiger partial charge on any atom is 0.325 e. The molecule has 4 rings (SSSR count). The van der Waals surface area contributed by atoms with Crippen LogP contribution in [0.1, 0.15) is 36.0 Å². The van der Waals surface area contributed by atoms with Gasteiger partial charge in [0, 0.05) is 12.4 Å². The van der Waals surface area contributed by atoms with E-state index in [2.05, 4.69) is 16.4 Å². The predicted octanol–water partition coefficient (Wildman–Crippen LogP) is 2.76. The summed E-state index contributed by atoms with van der Waals surface area (Å²) < 4.78 is 0. The van der Waals surface area contributed by atoms with Gasteiger partial charge in [-0.15, -0.1) is 0 Å². The molecule has 0 bridgehead atoms. The summed E-state index contributed by atoms with van der Waals surface area (Å²) in [7, 11) is 0. The van der Waals surface area contributed by atoms with Crippen LogP contribution in [0.25, 0.3) is 0 Å². The average Bonchev–Trinajstić information content (AvgIpc) is 2.76. The van der Waals surface area contributed by atoms with Crippen molar-refractivity contribution in [2.75, 3.05) is 0 Å². The predicted molar refractivity (Wildman–Crippen MR) is 89.0 cm³/mol. The number of urea groups is 1. The number of carbonyl (C=O) groups is 2. The van der Waals surface area contributed by atoms with Crippen LogP contribution >= 0.6 is 0 Å². The molecule has 0 radical (unpaired) electrons. The Kier molecular flexibility index (Phi) is 3.56. The molecule has 1 fully saturated rings. The van der Waals surface area contributed by atoms with Gasteiger partial charge < -0.3 is 5.32 Å². The zero-order chi connectivity index (χ0) is 16.6. The zero-order valence-electron chi connectivity index (χ0n) is 13.4. The number of hydrogen-bond donors (Lipinski definition) is 1. The Balaban J connectivity index is 1.72. The zero-order valence-corrected chi connectivity index (χ0v) is 13.4. The first kappa shape index (κ1) is 14.9. The van der Waals surface area contributed by atoms with Gasteiger partial charge in [-0.25, -0.2) is 4.79 Å². The quantitative estimate of drug-likeness (QED) is 0.865. The summed E-state index contributed by atoms with van der Waals surface area (Å²) in [6, 6.07) is 11.3. The highest BCUT2D eigenvalue weighted by Crippen LogP contribution is 2.39. The molecule has 1 aliphatic carbocycles.